The molecule has 0 aromatic carbocycles. The molecule has 730 valence electrons. The molecule has 128 heavy (non-hydrogen) atoms. The van der Waals surface area contributed by atoms with Crippen molar-refractivity contribution in [2.75, 3.05) is 40.1 Å². The van der Waals surface area contributed by atoms with Gasteiger partial charge in [-0.2, -0.15) is 0 Å². The predicted molar refractivity (Wildman–Crippen MR) is 516 cm³/mol. The molecule has 0 amide bonds. The van der Waals surface area contributed by atoms with Gasteiger partial charge in [0.25, 0.3) is 0 Å². The molecule has 0 saturated heterocycles. The lowest BCUT2D eigenvalue weighted by Gasteiger charge is -2.53. The molecule has 9 unspecified atom stereocenters. The van der Waals surface area contributed by atoms with Gasteiger partial charge in [0.1, 0.15) is 24.4 Å². The van der Waals surface area contributed by atoms with Gasteiger partial charge in [0.15, 0.2) is 0 Å². The van der Waals surface area contributed by atoms with E-state index in [1.807, 2.05) is 41.5 Å². The second kappa shape index (κ2) is 64.8. The maximum absolute atomic E-state index is 11.6. The number of rotatable bonds is 38. The van der Waals surface area contributed by atoms with E-state index in [4.69, 9.17) is 37.9 Å². The van der Waals surface area contributed by atoms with E-state index in [-0.39, 0.29) is 100 Å². The van der Waals surface area contributed by atoms with Gasteiger partial charge in [-0.05, 0) is 206 Å². The third kappa shape index (κ3) is 46.8. The van der Waals surface area contributed by atoms with Gasteiger partial charge in [-0.25, -0.2) is 47.9 Å². The molecule has 8 bridgehead atoms. The van der Waals surface area contributed by atoms with Crippen LogP contribution in [0.3, 0.4) is 0 Å². The molecule has 0 radical (unpaired) electrons. The van der Waals surface area contributed by atoms with Crippen LogP contribution < -0.4 is 0 Å². The largest absolute Gasteiger partial charge is 0.466 e. The first-order valence-corrected chi connectivity index (χ1v) is 48.4. The molecule has 0 aliphatic heterocycles. The Kier molecular flexibility index (Phi) is 60.8. The van der Waals surface area contributed by atoms with Gasteiger partial charge in [0, 0.05) is 69.6 Å². The molecular formula is C108H178O20. The summed E-state index contributed by atoms with van der Waals surface area (Å²) < 4.78 is 50.4. The molecule has 0 aromatic heterocycles. The van der Waals surface area contributed by atoms with Crippen molar-refractivity contribution in [1.82, 2.24) is 0 Å². The number of hydrogen-bond acceptors (Lipinski definition) is 20. The van der Waals surface area contributed by atoms with Crippen molar-refractivity contribution >= 4 is 59.7 Å². The summed E-state index contributed by atoms with van der Waals surface area (Å²) in [6, 6.07) is 0. The lowest BCUT2D eigenvalue weighted by Crippen LogP contribution is -2.49. The number of esters is 10. The molecule has 10 aliphatic carbocycles. The van der Waals surface area contributed by atoms with Gasteiger partial charge < -0.3 is 47.4 Å². The Morgan fingerprint density at radius 3 is 1.09 bits per heavy atom. The van der Waals surface area contributed by atoms with E-state index in [9.17, 15) is 47.9 Å². The fourth-order valence-corrected chi connectivity index (χ4v) is 18.7. The summed E-state index contributed by atoms with van der Waals surface area (Å²) in [5.74, 6) is 3.85. The van der Waals surface area contributed by atoms with E-state index in [1.165, 1.54) is 217 Å². The summed E-state index contributed by atoms with van der Waals surface area (Å²) in [5, 5.41) is 0. The van der Waals surface area contributed by atoms with E-state index in [2.05, 4.69) is 131 Å². The van der Waals surface area contributed by atoms with Crippen LogP contribution >= 0.6 is 0 Å². The summed E-state index contributed by atoms with van der Waals surface area (Å²) in [7, 11) is 1.33. The lowest BCUT2D eigenvalue weighted by molar-refractivity contribution is -0.165. The van der Waals surface area contributed by atoms with E-state index < -0.39 is 0 Å². The Labute approximate surface area is 776 Å². The van der Waals surface area contributed by atoms with Crippen LogP contribution in [0.2, 0.25) is 0 Å². The van der Waals surface area contributed by atoms with Crippen molar-refractivity contribution in [3.63, 3.8) is 0 Å². The molecule has 10 saturated carbocycles. The zero-order chi connectivity index (χ0) is 97.4. The van der Waals surface area contributed by atoms with Crippen molar-refractivity contribution in [3.05, 3.63) is 125 Å². The fourth-order valence-electron chi connectivity index (χ4n) is 18.7. The molecule has 10 aliphatic rings. The Hall–Kier alpha value is -7.90. The molecule has 0 aromatic rings. The summed E-state index contributed by atoms with van der Waals surface area (Å²) in [4.78, 5) is 109. The van der Waals surface area contributed by atoms with Crippen LogP contribution in [0.15, 0.2) is 125 Å². The SMILES string of the molecule is C=C(C)C(=O)OC.C=C(C)C(=O)OC1CC2CCC1(C)C2(C)C.C=C(C)C(=O)OCC(C)C.C=C(C)C(=O)OCCCCCCCC.C=CC(=O)OC1C2CC3CC(C2)CC1C3.C=CC(=O)OC1CC2CCC1(C)C2(C)C.C=CC(=O)OC1CCC2CCCCC2C1.C=CC(=O)OCC(C)(C)C.C=CC(=O)OCCCC.C=CC(=O)OCCCCCCCCCCCC. The van der Waals surface area contributed by atoms with Crippen molar-refractivity contribution in [1.29, 1.82) is 0 Å². The normalized spacial score (nSPS) is 24.5. The van der Waals surface area contributed by atoms with Crippen LogP contribution in [0.5, 0.6) is 0 Å². The zero-order valence-corrected chi connectivity index (χ0v) is 83.7. The van der Waals surface area contributed by atoms with Crippen molar-refractivity contribution in [3.8, 4) is 0 Å². The minimum Gasteiger partial charge on any atom is -0.466 e. The molecule has 0 heterocycles. The smallest absolute Gasteiger partial charge is 0.333 e. The van der Waals surface area contributed by atoms with Crippen molar-refractivity contribution < 1.29 is 95.3 Å². The number of ether oxygens (including phenoxy) is 10. The first-order chi connectivity index (χ1) is 60.2. The van der Waals surface area contributed by atoms with Crippen molar-refractivity contribution in [2.45, 2.75) is 380 Å². The maximum Gasteiger partial charge on any atom is 0.333 e. The summed E-state index contributed by atoms with van der Waals surface area (Å²) in [5.41, 5.74) is 2.84. The average molecular weight is 1800 g/mol. The Balaban J connectivity index is 0.00000141. The number of hydrogen-bond donors (Lipinski definition) is 0. The summed E-state index contributed by atoms with van der Waals surface area (Å²) in [6.07, 6.45) is 52.7. The van der Waals surface area contributed by atoms with Crippen molar-refractivity contribution in [2.24, 2.45) is 80.3 Å². The van der Waals surface area contributed by atoms with Gasteiger partial charge in [-0.15, -0.1) is 0 Å². The number of carbonyl (C=O) groups is 10. The first-order valence-electron chi connectivity index (χ1n) is 48.4. The van der Waals surface area contributed by atoms with Crippen LogP contribution in [0.4, 0.5) is 0 Å². The molecule has 0 N–H and O–H groups in total. The highest BCUT2D eigenvalue weighted by molar-refractivity contribution is 5.88. The van der Waals surface area contributed by atoms with E-state index in [0.717, 1.165) is 81.5 Å². The molecule has 10 fully saturated rings. The Morgan fingerprint density at radius 1 is 0.367 bits per heavy atom. The van der Waals surface area contributed by atoms with Crippen LogP contribution in [-0.4, -0.2) is 124 Å². The van der Waals surface area contributed by atoms with E-state index >= 15 is 0 Å². The highest BCUT2D eigenvalue weighted by Crippen LogP contribution is 2.67. The molecule has 0 spiro atoms. The van der Waals surface area contributed by atoms with Gasteiger partial charge in [0.2, 0.25) is 0 Å². The van der Waals surface area contributed by atoms with Gasteiger partial charge in [-0.1, -0.05) is 285 Å². The first kappa shape index (κ1) is 120. The standard InChI is InChI=1S/C15H28O2.C14H22O2.C13H18O2.2C13H20O2.C12H22O2.2C8H14O2.C7H12O2.C5H8O2/c1-3-5-6-7-8-9-10-11-12-13-14-17-15(16)4-2;1-9(2)12(15)16-11-8-10-6-7-14(11,5)13(10,3)4;1-2-12(14)15-13-10-4-8-3-9(6-10)7-11(13)5-8;1-5-11(14)15-10-8-9-6-7-13(10,4)12(9,2)3;1-2-13(14)15-12-8-7-10-5-3-4-6-11(10)9-12;1-4-5-6-7-8-9-10-14-12(13)11(2)3;1-6(2)5-10-8(9)7(3)4;1-5-7(9)10-6-8(2,3)4;1-3-5-6-9-7(8)4-2;1-4(2)5(6)7-3/h4H,2-3,5-14H2,1H3;10-11H,1,6-8H2,2-5H3;2,8-11,13H,1,3-7H2;5,9-10H,1,6-8H2,2-4H3;2,10-12H,1,3-9H2;2,4-10H2,1,3H3;6H,3,5H2,1-2,4H3;5H,1,6H2,2-4H3;4H,2-3,5-6H2,1H3;1H2,2-3H3. The van der Waals surface area contributed by atoms with Gasteiger partial charge in [0.05, 0.1) is 40.1 Å². The molecule has 10 rings (SSSR count). The summed E-state index contributed by atoms with van der Waals surface area (Å²) in [6.45, 7) is 73.7. The number of unbranched alkanes of at least 4 members (excludes halogenated alkanes) is 15. The molecule has 9 atom stereocenters. The number of carbonyl (C=O) groups excluding carboxylic acids is 10. The van der Waals surface area contributed by atoms with Crippen LogP contribution in [0.1, 0.15) is 356 Å². The Bertz CT molecular complexity index is 3420. The maximum atomic E-state index is 11.6. The molecular weight excluding hydrogens is 1620 g/mol. The predicted octanol–water partition coefficient (Wildman–Crippen LogP) is 25.7. The number of methoxy groups -OCH3 is 1. The monoisotopic (exact) mass is 1800 g/mol. The van der Waals surface area contributed by atoms with E-state index in [1.54, 1.807) is 27.7 Å². The highest BCUT2D eigenvalue weighted by atomic mass is 16.6. The minimum atomic E-state index is -0.352. The van der Waals surface area contributed by atoms with E-state index in [0.29, 0.717) is 95.7 Å². The third-order valence-electron chi connectivity index (χ3n) is 27.1. The second-order valence-electron chi connectivity index (χ2n) is 39.8. The quantitative estimate of drug-likeness (QED) is 0.0241. The van der Waals surface area contributed by atoms with Gasteiger partial charge in [-0.3, -0.25) is 0 Å². The number of fused-ring (bicyclic) bond motifs is 5. The minimum absolute atomic E-state index is 0.0403. The van der Waals surface area contributed by atoms with Crippen LogP contribution in [0.25, 0.3) is 0 Å². The lowest BCUT2D eigenvalue weighted by atomic mass is 9.55. The second-order valence-corrected chi connectivity index (χ2v) is 39.8. The molecule has 20 nitrogen and oxygen atoms in total. The molecule has 20 heteroatoms. The summed E-state index contributed by atoms with van der Waals surface area (Å²) >= 11 is 0. The van der Waals surface area contributed by atoms with Crippen LogP contribution in [0, 0.1) is 80.3 Å². The zero-order valence-electron chi connectivity index (χ0n) is 83.7. The van der Waals surface area contributed by atoms with Gasteiger partial charge >= 0.3 is 59.7 Å². The fraction of sp³-hybridized carbons (Fsp3) is 0.722. The van der Waals surface area contributed by atoms with Crippen LogP contribution in [-0.2, 0) is 95.3 Å². The highest BCUT2D eigenvalue weighted by Gasteiger charge is 2.64. The average Bonchev–Trinajstić information content (AvgIpc) is 1.56. The Morgan fingerprint density at radius 2 is 0.727 bits per heavy atom. The third-order valence-corrected chi connectivity index (χ3v) is 27.1. The topological polar surface area (TPSA) is 263 Å².